The van der Waals surface area contributed by atoms with Gasteiger partial charge in [-0.25, -0.2) is 8.78 Å². The Hall–Kier alpha value is -2.44. The number of nitrogens with one attached hydrogen (secondary N) is 1. The number of piperidine rings is 1. The lowest BCUT2D eigenvalue weighted by Gasteiger charge is -2.29. The van der Waals surface area contributed by atoms with E-state index in [2.05, 4.69) is 10.2 Å². The molecule has 3 rings (SSSR count). The molecule has 2 aromatic rings. The van der Waals surface area contributed by atoms with Crippen LogP contribution < -0.4 is 4.90 Å². The third kappa shape index (κ3) is 2.93. The van der Waals surface area contributed by atoms with E-state index < -0.39 is 17.6 Å². The highest BCUT2D eigenvalue weighted by Gasteiger charge is 2.25. The van der Waals surface area contributed by atoms with Gasteiger partial charge in [0.1, 0.15) is 11.6 Å². The number of anilines is 1. The standard InChI is InChI=1S/C15H15F2N3O2/c16-11-5-10(6-12(17)7-11)13-8-14(19-18-13)20-3-1-9(2-4-20)15(21)22/h5-9H,1-4H2,(H,18,19)(H,21,22). The predicted octanol–water partition coefficient (Wildman–Crippen LogP) is 2.66. The Labute approximate surface area is 125 Å². The Kier molecular flexibility index (Phi) is 3.79. The van der Waals surface area contributed by atoms with Crippen molar-refractivity contribution in [3.8, 4) is 11.3 Å². The van der Waals surface area contributed by atoms with Crippen LogP contribution in [-0.4, -0.2) is 34.4 Å². The first kappa shape index (κ1) is 14.5. The summed E-state index contributed by atoms with van der Waals surface area (Å²) in [6.07, 6.45) is 1.12. The van der Waals surface area contributed by atoms with Crippen LogP contribution in [0.1, 0.15) is 12.8 Å². The summed E-state index contributed by atoms with van der Waals surface area (Å²) in [4.78, 5) is 12.9. The number of aliphatic carboxylic acids is 1. The number of H-pyrrole nitrogens is 1. The van der Waals surface area contributed by atoms with Gasteiger partial charge in [-0.05, 0) is 25.0 Å². The van der Waals surface area contributed by atoms with Crippen LogP contribution in [0.5, 0.6) is 0 Å². The average Bonchev–Trinajstić information content (AvgIpc) is 2.96. The number of nitrogens with zero attached hydrogens (tertiary/aromatic N) is 2. The van der Waals surface area contributed by atoms with E-state index in [0.717, 1.165) is 6.07 Å². The van der Waals surface area contributed by atoms with E-state index in [1.54, 1.807) is 6.07 Å². The zero-order valence-corrected chi connectivity index (χ0v) is 11.7. The Balaban J connectivity index is 1.75. The molecule has 22 heavy (non-hydrogen) atoms. The lowest BCUT2D eigenvalue weighted by Crippen LogP contribution is -2.36. The summed E-state index contributed by atoms with van der Waals surface area (Å²) in [5.41, 5.74) is 0.908. The first-order valence-corrected chi connectivity index (χ1v) is 7.02. The first-order chi connectivity index (χ1) is 10.5. The maximum atomic E-state index is 13.3. The highest BCUT2D eigenvalue weighted by Crippen LogP contribution is 2.26. The second-order valence-electron chi connectivity index (χ2n) is 5.40. The van der Waals surface area contributed by atoms with Gasteiger partial charge >= 0.3 is 5.97 Å². The average molecular weight is 307 g/mol. The van der Waals surface area contributed by atoms with Crippen LogP contribution >= 0.6 is 0 Å². The van der Waals surface area contributed by atoms with Gasteiger partial charge in [-0.3, -0.25) is 9.89 Å². The van der Waals surface area contributed by atoms with Gasteiger partial charge in [0.05, 0.1) is 11.6 Å². The molecule has 0 bridgehead atoms. The van der Waals surface area contributed by atoms with Crippen LogP contribution in [0.3, 0.4) is 0 Å². The maximum absolute atomic E-state index is 13.3. The third-order valence-corrected chi connectivity index (χ3v) is 3.91. The molecule has 1 aliphatic rings. The summed E-state index contributed by atoms with van der Waals surface area (Å²) in [6.45, 7) is 1.19. The largest absolute Gasteiger partial charge is 0.481 e. The molecular weight excluding hydrogens is 292 g/mol. The van der Waals surface area contributed by atoms with E-state index >= 15 is 0 Å². The molecule has 1 aromatic heterocycles. The van der Waals surface area contributed by atoms with Crippen molar-refractivity contribution >= 4 is 11.8 Å². The van der Waals surface area contributed by atoms with Gasteiger partial charge in [0.25, 0.3) is 0 Å². The highest BCUT2D eigenvalue weighted by atomic mass is 19.1. The summed E-state index contributed by atoms with van der Waals surface area (Å²) in [6, 6.07) is 5.00. The van der Waals surface area contributed by atoms with Crippen molar-refractivity contribution in [3.63, 3.8) is 0 Å². The van der Waals surface area contributed by atoms with Crippen LogP contribution in [-0.2, 0) is 4.79 Å². The minimum atomic E-state index is -0.766. The van der Waals surface area contributed by atoms with Gasteiger partial charge in [0.15, 0.2) is 5.82 Å². The van der Waals surface area contributed by atoms with Gasteiger partial charge in [0.2, 0.25) is 0 Å². The summed E-state index contributed by atoms with van der Waals surface area (Å²) < 4.78 is 26.5. The Morgan fingerprint density at radius 3 is 2.41 bits per heavy atom. The minimum Gasteiger partial charge on any atom is -0.481 e. The molecule has 5 nitrogen and oxygen atoms in total. The number of carboxylic acid groups (broad SMARTS) is 1. The fourth-order valence-corrected chi connectivity index (χ4v) is 2.69. The number of aromatic nitrogens is 2. The van der Waals surface area contributed by atoms with E-state index in [0.29, 0.717) is 43.0 Å². The molecule has 0 unspecified atom stereocenters. The molecule has 2 heterocycles. The second-order valence-corrected chi connectivity index (χ2v) is 5.40. The summed E-state index contributed by atoms with van der Waals surface area (Å²) in [7, 11) is 0. The van der Waals surface area contributed by atoms with E-state index in [9.17, 15) is 13.6 Å². The van der Waals surface area contributed by atoms with Gasteiger partial charge in [0, 0.05) is 30.8 Å². The number of carboxylic acids is 1. The number of aromatic amines is 1. The van der Waals surface area contributed by atoms with E-state index in [-0.39, 0.29) is 5.92 Å². The molecular formula is C15H15F2N3O2. The smallest absolute Gasteiger partial charge is 0.306 e. The van der Waals surface area contributed by atoms with Gasteiger partial charge in [-0.1, -0.05) is 0 Å². The quantitative estimate of drug-likeness (QED) is 0.914. The van der Waals surface area contributed by atoms with Crippen LogP contribution in [0.25, 0.3) is 11.3 Å². The van der Waals surface area contributed by atoms with Crippen molar-refractivity contribution in [2.24, 2.45) is 5.92 Å². The molecule has 0 saturated carbocycles. The molecule has 0 radical (unpaired) electrons. The number of halogens is 2. The fourth-order valence-electron chi connectivity index (χ4n) is 2.69. The van der Waals surface area contributed by atoms with E-state index in [1.807, 2.05) is 4.90 Å². The SMILES string of the molecule is O=C(O)C1CCN(c2cc(-c3cc(F)cc(F)c3)[nH]n2)CC1. The molecule has 1 aromatic carbocycles. The number of benzene rings is 1. The molecule has 7 heteroatoms. The number of rotatable bonds is 3. The van der Waals surface area contributed by atoms with Gasteiger partial charge < -0.3 is 10.0 Å². The van der Waals surface area contributed by atoms with Crippen molar-refractivity contribution in [1.82, 2.24) is 10.2 Å². The van der Waals surface area contributed by atoms with Crippen molar-refractivity contribution in [1.29, 1.82) is 0 Å². The number of carbonyl (C=O) groups is 1. The molecule has 2 N–H and O–H groups in total. The number of hydrogen-bond acceptors (Lipinski definition) is 3. The lowest BCUT2D eigenvalue weighted by molar-refractivity contribution is -0.142. The van der Waals surface area contributed by atoms with Crippen LogP contribution in [0.2, 0.25) is 0 Å². The fraction of sp³-hybridized carbons (Fsp3) is 0.333. The van der Waals surface area contributed by atoms with Crippen LogP contribution in [0.15, 0.2) is 24.3 Å². The monoisotopic (exact) mass is 307 g/mol. The molecule has 0 aliphatic carbocycles. The predicted molar refractivity (Wildman–Crippen MR) is 76.5 cm³/mol. The van der Waals surface area contributed by atoms with Crippen molar-refractivity contribution in [3.05, 3.63) is 35.9 Å². The van der Waals surface area contributed by atoms with Crippen LogP contribution in [0.4, 0.5) is 14.6 Å². The molecule has 1 saturated heterocycles. The van der Waals surface area contributed by atoms with Crippen LogP contribution in [0, 0.1) is 17.6 Å². The van der Waals surface area contributed by atoms with E-state index in [4.69, 9.17) is 5.11 Å². The van der Waals surface area contributed by atoms with Crippen molar-refractivity contribution in [2.45, 2.75) is 12.8 Å². The Morgan fingerprint density at radius 2 is 1.82 bits per heavy atom. The highest BCUT2D eigenvalue weighted by molar-refractivity contribution is 5.70. The first-order valence-electron chi connectivity index (χ1n) is 7.02. The summed E-state index contributed by atoms with van der Waals surface area (Å²) >= 11 is 0. The Morgan fingerprint density at radius 1 is 1.18 bits per heavy atom. The summed E-state index contributed by atoms with van der Waals surface area (Å²) in [5, 5.41) is 15.9. The maximum Gasteiger partial charge on any atom is 0.306 e. The minimum absolute atomic E-state index is 0.313. The summed E-state index contributed by atoms with van der Waals surface area (Å²) in [5.74, 6) is -1.71. The normalized spacial score (nSPS) is 16.0. The van der Waals surface area contributed by atoms with Gasteiger partial charge in [-0.2, -0.15) is 5.10 Å². The molecule has 116 valence electrons. The van der Waals surface area contributed by atoms with Crippen molar-refractivity contribution in [2.75, 3.05) is 18.0 Å². The topological polar surface area (TPSA) is 69.2 Å². The Bertz CT molecular complexity index is 674. The third-order valence-electron chi connectivity index (χ3n) is 3.91. The molecule has 1 aliphatic heterocycles. The van der Waals surface area contributed by atoms with Gasteiger partial charge in [-0.15, -0.1) is 0 Å². The molecule has 0 spiro atoms. The second kappa shape index (κ2) is 5.75. The zero-order valence-electron chi connectivity index (χ0n) is 11.7. The molecule has 1 fully saturated rings. The van der Waals surface area contributed by atoms with Crippen molar-refractivity contribution < 1.29 is 18.7 Å². The molecule has 0 amide bonds. The lowest BCUT2D eigenvalue weighted by atomic mass is 9.97. The number of hydrogen-bond donors (Lipinski definition) is 2. The zero-order chi connectivity index (χ0) is 15.7. The molecule has 0 atom stereocenters. The van der Waals surface area contributed by atoms with E-state index in [1.165, 1.54) is 12.1 Å².